The van der Waals surface area contributed by atoms with E-state index >= 15 is 0 Å². The van der Waals surface area contributed by atoms with Crippen LogP contribution in [0.4, 0.5) is 4.39 Å². The monoisotopic (exact) mass is 334 g/mol. The number of hydrogen-bond acceptors (Lipinski definition) is 2. The summed E-state index contributed by atoms with van der Waals surface area (Å²) in [5.74, 6) is -0.621. The third-order valence-electron chi connectivity index (χ3n) is 2.36. The van der Waals surface area contributed by atoms with Crippen LogP contribution >= 0.6 is 35.6 Å². The van der Waals surface area contributed by atoms with Gasteiger partial charge in [-0.15, -0.1) is 12.4 Å². The summed E-state index contributed by atoms with van der Waals surface area (Å²) in [6.07, 6.45) is 0. The molecule has 0 amide bonds. The Balaban J connectivity index is 0.00000200. The van der Waals surface area contributed by atoms with E-state index in [-0.39, 0.29) is 28.7 Å². The first-order valence-electron chi connectivity index (χ1n) is 5.25. The highest BCUT2D eigenvalue weighted by atomic mass is 35.5. The lowest BCUT2D eigenvalue weighted by atomic mass is 10.1. The van der Waals surface area contributed by atoms with Crippen molar-refractivity contribution in [1.82, 2.24) is 0 Å². The lowest BCUT2D eigenvalue weighted by molar-refractivity contribution is 0.475. The lowest BCUT2D eigenvalue weighted by Gasteiger charge is -2.12. The van der Waals surface area contributed by atoms with E-state index in [4.69, 9.17) is 39.1 Å². The summed E-state index contributed by atoms with van der Waals surface area (Å²) in [5.41, 5.74) is 5.24. The Morgan fingerprint density at radius 2 is 1.85 bits per heavy atom. The Kier molecular flexibility index (Phi) is 5.62. The smallest absolute Gasteiger partial charge is 0.146 e. The molecule has 0 aliphatic rings. The molecular weight excluding hydrogens is 326 g/mol. The molecule has 0 aliphatic carbocycles. The van der Waals surface area contributed by atoms with Gasteiger partial charge in [0.15, 0.2) is 0 Å². The van der Waals surface area contributed by atoms with Gasteiger partial charge in [0.25, 0.3) is 0 Å². The van der Waals surface area contributed by atoms with Gasteiger partial charge >= 0.3 is 0 Å². The minimum absolute atomic E-state index is 0. The van der Waals surface area contributed by atoms with Gasteiger partial charge in [0.1, 0.15) is 23.2 Å². The zero-order chi connectivity index (χ0) is 14.0. The molecule has 0 saturated carbocycles. The topological polar surface area (TPSA) is 59.1 Å². The maximum atomic E-state index is 13.6. The molecule has 2 aromatic rings. The fourth-order valence-corrected chi connectivity index (χ4v) is 1.97. The molecule has 2 aromatic carbocycles. The second-order valence-corrected chi connectivity index (χ2v) is 4.55. The van der Waals surface area contributed by atoms with E-state index in [0.29, 0.717) is 10.8 Å². The van der Waals surface area contributed by atoms with Crippen molar-refractivity contribution >= 4 is 41.4 Å². The van der Waals surface area contributed by atoms with Gasteiger partial charge in [-0.25, -0.2) is 4.39 Å². The molecule has 7 heteroatoms. The predicted octanol–water partition coefficient (Wildman–Crippen LogP) is 4.63. The third-order valence-corrected chi connectivity index (χ3v) is 2.89. The Morgan fingerprint density at radius 3 is 2.45 bits per heavy atom. The molecule has 0 aromatic heterocycles. The summed E-state index contributed by atoms with van der Waals surface area (Å²) in [6.45, 7) is 0. The number of amidine groups is 1. The maximum absolute atomic E-state index is 13.6. The fourth-order valence-electron chi connectivity index (χ4n) is 1.53. The second kappa shape index (κ2) is 6.79. The normalized spacial score (nSPS) is 9.75. The highest BCUT2D eigenvalue weighted by Crippen LogP contribution is 2.33. The molecular formula is C13H10Cl3FN2O. The van der Waals surface area contributed by atoms with E-state index in [2.05, 4.69) is 0 Å². The Hall–Kier alpha value is -1.49. The zero-order valence-electron chi connectivity index (χ0n) is 9.99. The number of rotatable bonds is 3. The first-order chi connectivity index (χ1) is 8.99. The van der Waals surface area contributed by atoms with Crippen LogP contribution in [-0.4, -0.2) is 5.84 Å². The number of nitrogen functional groups attached to an aromatic ring is 1. The number of hydrogen-bond donors (Lipinski definition) is 2. The van der Waals surface area contributed by atoms with Crippen LogP contribution in [0.15, 0.2) is 36.4 Å². The molecule has 0 heterocycles. The molecule has 0 fully saturated rings. The van der Waals surface area contributed by atoms with Crippen LogP contribution in [0.2, 0.25) is 10.0 Å². The van der Waals surface area contributed by atoms with E-state index in [1.54, 1.807) is 12.1 Å². The molecule has 0 spiro atoms. The van der Waals surface area contributed by atoms with Gasteiger partial charge in [0.2, 0.25) is 0 Å². The van der Waals surface area contributed by atoms with Gasteiger partial charge in [-0.05, 0) is 30.3 Å². The summed E-state index contributed by atoms with van der Waals surface area (Å²) < 4.78 is 19.1. The summed E-state index contributed by atoms with van der Waals surface area (Å²) in [6, 6.07) is 8.82. The van der Waals surface area contributed by atoms with Crippen molar-refractivity contribution in [2.45, 2.75) is 0 Å². The van der Waals surface area contributed by atoms with Crippen molar-refractivity contribution in [3.8, 4) is 11.5 Å². The highest BCUT2D eigenvalue weighted by Gasteiger charge is 2.14. The van der Waals surface area contributed by atoms with E-state index in [9.17, 15) is 4.39 Å². The zero-order valence-corrected chi connectivity index (χ0v) is 12.3. The van der Waals surface area contributed by atoms with E-state index in [1.807, 2.05) is 0 Å². The molecule has 3 N–H and O–H groups in total. The van der Waals surface area contributed by atoms with Crippen LogP contribution in [-0.2, 0) is 0 Å². The van der Waals surface area contributed by atoms with E-state index in [0.717, 1.165) is 0 Å². The Bertz CT molecular complexity index is 650. The van der Waals surface area contributed by atoms with Gasteiger partial charge in [0, 0.05) is 5.02 Å². The Morgan fingerprint density at radius 1 is 1.15 bits per heavy atom. The molecule has 0 atom stereocenters. The quantitative estimate of drug-likeness (QED) is 0.634. The van der Waals surface area contributed by atoms with E-state index < -0.39 is 11.7 Å². The van der Waals surface area contributed by atoms with Crippen molar-refractivity contribution in [1.29, 1.82) is 5.41 Å². The number of nitrogens with one attached hydrogen (secondary N) is 1. The fraction of sp³-hybridized carbons (Fsp3) is 0. The molecule has 106 valence electrons. The van der Waals surface area contributed by atoms with E-state index in [1.165, 1.54) is 24.3 Å². The number of benzene rings is 2. The summed E-state index contributed by atoms with van der Waals surface area (Å²) >= 11 is 11.7. The average Bonchev–Trinajstić information content (AvgIpc) is 2.32. The number of ether oxygens (including phenoxy) is 1. The third kappa shape index (κ3) is 3.54. The molecule has 20 heavy (non-hydrogen) atoms. The van der Waals surface area contributed by atoms with Crippen molar-refractivity contribution in [2.75, 3.05) is 0 Å². The predicted molar refractivity (Wildman–Crippen MR) is 81.2 cm³/mol. The number of nitrogens with two attached hydrogens (primary N) is 1. The molecule has 0 radical (unpaired) electrons. The molecule has 0 bridgehead atoms. The summed E-state index contributed by atoms with van der Waals surface area (Å²) in [4.78, 5) is 0. The van der Waals surface area contributed by atoms with Crippen LogP contribution in [0.25, 0.3) is 0 Å². The van der Waals surface area contributed by atoms with Gasteiger partial charge < -0.3 is 10.5 Å². The minimum Gasteiger partial charge on any atom is -0.455 e. The van der Waals surface area contributed by atoms with Crippen molar-refractivity contribution in [3.63, 3.8) is 0 Å². The first kappa shape index (κ1) is 16.6. The summed E-state index contributed by atoms with van der Waals surface area (Å²) in [5, 5.41) is 8.12. The van der Waals surface area contributed by atoms with Crippen LogP contribution < -0.4 is 10.5 Å². The molecule has 2 rings (SSSR count). The highest BCUT2D eigenvalue weighted by molar-refractivity contribution is 6.35. The Labute approximate surface area is 131 Å². The SMILES string of the molecule is Cl.N=C(N)c1c(F)cccc1Oc1ccc(Cl)cc1Cl. The van der Waals surface area contributed by atoms with Crippen molar-refractivity contribution in [3.05, 3.63) is 57.8 Å². The van der Waals surface area contributed by atoms with Gasteiger partial charge in [-0.2, -0.15) is 0 Å². The molecule has 3 nitrogen and oxygen atoms in total. The summed E-state index contributed by atoms with van der Waals surface area (Å²) in [7, 11) is 0. The molecule has 0 unspecified atom stereocenters. The van der Waals surface area contributed by atoms with Gasteiger partial charge in [0.05, 0.1) is 10.6 Å². The first-order valence-corrected chi connectivity index (χ1v) is 6.00. The average molecular weight is 336 g/mol. The number of halogens is 4. The minimum atomic E-state index is -0.630. The lowest BCUT2D eigenvalue weighted by Crippen LogP contribution is -2.14. The standard InChI is InChI=1S/C13H9Cl2FN2O.ClH/c14-7-4-5-10(8(15)6-7)19-11-3-1-2-9(16)12(11)13(17)18;/h1-6H,(H3,17,18);1H. The van der Waals surface area contributed by atoms with Crippen LogP contribution in [0.1, 0.15) is 5.56 Å². The van der Waals surface area contributed by atoms with Crippen LogP contribution in [0.3, 0.4) is 0 Å². The van der Waals surface area contributed by atoms with Crippen molar-refractivity contribution < 1.29 is 9.13 Å². The maximum Gasteiger partial charge on any atom is 0.146 e. The van der Waals surface area contributed by atoms with Crippen LogP contribution in [0, 0.1) is 11.2 Å². The molecule has 0 saturated heterocycles. The van der Waals surface area contributed by atoms with Crippen molar-refractivity contribution in [2.24, 2.45) is 5.73 Å². The van der Waals surface area contributed by atoms with Crippen LogP contribution in [0.5, 0.6) is 11.5 Å². The van der Waals surface area contributed by atoms with Gasteiger partial charge in [-0.1, -0.05) is 29.3 Å². The van der Waals surface area contributed by atoms with Gasteiger partial charge in [-0.3, -0.25) is 5.41 Å². The second-order valence-electron chi connectivity index (χ2n) is 3.70. The largest absolute Gasteiger partial charge is 0.455 e. The molecule has 0 aliphatic heterocycles.